The fourth-order valence-electron chi connectivity index (χ4n) is 3.15. The molecule has 1 aliphatic rings. The van der Waals surface area contributed by atoms with Crippen LogP contribution in [0.15, 0.2) is 33.9 Å². The van der Waals surface area contributed by atoms with Gasteiger partial charge in [-0.15, -0.1) is 0 Å². The Balaban J connectivity index is 1.45. The molecule has 26 heavy (non-hydrogen) atoms. The number of benzene rings is 1. The number of hydrogen-bond donors (Lipinski definition) is 1. The standard InChI is InChI=1S/C19H24N2O4S/c1-12-7-3-4-8-14(12)20-18(23)13(2)24-17(22)11-26-19-21-15-9-5-6-10-16(15)25-19/h5-6,9-10,12-14H,3-4,7-8,11H2,1-2H3,(H,20,23). The Bertz CT molecular complexity index is 743. The Morgan fingerprint density at radius 2 is 2.12 bits per heavy atom. The summed E-state index contributed by atoms with van der Waals surface area (Å²) in [5, 5.41) is 3.42. The number of thioether (sulfide) groups is 1. The van der Waals surface area contributed by atoms with Crippen LogP contribution in [0.2, 0.25) is 0 Å². The molecular formula is C19H24N2O4S. The maximum Gasteiger partial charge on any atom is 0.317 e. The first-order valence-electron chi connectivity index (χ1n) is 9.01. The number of fused-ring (bicyclic) bond motifs is 1. The van der Waals surface area contributed by atoms with E-state index in [-0.39, 0.29) is 17.7 Å². The summed E-state index contributed by atoms with van der Waals surface area (Å²) in [6.45, 7) is 3.75. The Morgan fingerprint density at radius 3 is 2.88 bits per heavy atom. The van der Waals surface area contributed by atoms with Gasteiger partial charge in [0.2, 0.25) is 0 Å². The van der Waals surface area contributed by atoms with Crippen molar-refractivity contribution in [1.82, 2.24) is 10.3 Å². The Kier molecular flexibility index (Phi) is 6.19. The number of nitrogens with one attached hydrogen (secondary N) is 1. The van der Waals surface area contributed by atoms with Gasteiger partial charge in [0.05, 0.1) is 0 Å². The van der Waals surface area contributed by atoms with E-state index in [4.69, 9.17) is 9.15 Å². The molecule has 7 heteroatoms. The average molecular weight is 376 g/mol. The molecule has 1 aromatic carbocycles. The van der Waals surface area contributed by atoms with Crippen LogP contribution < -0.4 is 5.32 Å². The molecule has 2 aromatic rings. The molecule has 1 amide bonds. The van der Waals surface area contributed by atoms with Crippen molar-refractivity contribution in [3.05, 3.63) is 24.3 Å². The van der Waals surface area contributed by atoms with Gasteiger partial charge in [0.25, 0.3) is 11.1 Å². The van der Waals surface area contributed by atoms with Crippen molar-refractivity contribution in [3.8, 4) is 0 Å². The summed E-state index contributed by atoms with van der Waals surface area (Å²) < 4.78 is 10.8. The predicted octanol–water partition coefficient (Wildman–Crippen LogP) is 3.55. The normalized spacial score (nSPS) is 21.3. The van der Waals surface area contributed by atoms with Crippen molar-refractivity contribution < 1.29 is 18.7 Å². The molecule has 6 nitrogen and oxygen atoms in total. The quantitative estimate of drug-likeness (QED) is 0.613. The maximum absolute atomic E-state index is 12.3. The Morgan fingerprint density at radius 1 is 1.35 bits per heavy atom. The van der Waals surface area contributed by atoms with E-state index in [2.05, 4.69) is 17.2 Å². The largest absolute Gasteiger partial charge is 0.452 e. The fraction of sp³-hybridized carbons (Fsp3) is 0.526. The van der Waals surface area contributed by atoms with Crippen LogP contribution in [-0.4, -0.2) is 34.8 Å². The molecule has 1 heterocycles. The molecule has 1 N–H and O–H groups in total. The number of para-hydroxylation sites is 2. The molecule has 0 aliphatic heterocycles. The first-order chi connectivity index (χ1) is 12.5. The van der Waals surface area contributed by atoms with Crippen molar-refractivity contribution >= 4 is 34.7 Å². The van der Waals surface area contributed by atoms with E-state index in [0.717, 1.165) is 36.5 Å². The SMILES string of the molecule is CC(OC(=O)CSc1nc2ccccc2o1)C(=O)NC1CCCCC1C. The molecule has 3 unspecified atom stereocenters. The molecule has 140 valence electrons. The summed E-state index contributed by atoms with van der Waals surface area (Å²) in [6, 6.07) is 7.58. The topological polar surface area (TPSA) is 81.4 Å². The number of amides is 1. The maximum atomic E-state index is 12.3. The van der Waals surface area contributed by atoms with Crippen LogP contribution in [0.25, 0.3) is 11.1 Å². The summed E-state index contributed by atoms with van der Waals surface area (Å²) in [5.74, 6) is -0.185. The van der Waals surface area contributed by atoms with E-state index in [1.54, 1.807) is 6.92 Å². The third-order valence-corrected chi connectivity index (χ3v) is 5.51. The summed E-state index contributed by atoms with van der Waals surface area (Å²) in [6.07, 6.45) is 3.65. The number of rotatable bonds is 6. The molecule has 1 saturated carbocycles. The molecule has 3 rings (SSSR count). The third-order valence-electron chi connectivity index (χ3n) is 4.70. The smallest absolute Gasteiger partial charge is 0.317 e. The van der Waals surface area contributed by atoms with Gasteiger partial charge in [-0.3, -0.25) is 9.59 Å². The van der Waals surface area contributed by atoms with Crippen molar-refractivity contribution in [3.63, 3.8) is 0 Å². The number of carbonyl (C=O) groups is 2. The second kappa shape index (κ2) is 8.58. The first kappa shape index (κ1) is 18.8. The number of carbonyl (C=O) groups excluding carboxylic acids is 2. The zero-order valence-corrected chi connectivity index (χ0v) is 15.9. The van der Waals surface area contributed by atoms with Crippen LogP contribution in [0.5, 0.6) is 0 Å². The van der Waals surface area contributed by atoms with Gasteiger partial charge in [0.1, 0.15) is 11.3 Å². The minimum atomic E-state index is -0.805. The van der Waals surface area contributed by atoms with Crippen LogP contribution in [0.4, 0.5) is 0 Å². The van der Waals surface area contributed by atoms with E-state index in [1.165, 1.54) is 6.42 Å². The zero-order chi connectivity index (χ0) is 18.5. The first-order valence-corrected chi connectivity index (χ1v) is 9.99. The summed E-state index contributed by atoms with van der Waals surface area (Å²) in [5.41, 5.74) is 1.43. The van der Waals surface area contributed by atoms with Gasteiger partial charge in [-0.1, -0.05) is 43.7 Å². The number of nitrogens with zero attached hydrogens (tertiary/aromatic N) is 1. The summed E-state index contributed by atoms with van der Waals surface area (Å²) in [4.78, 5) is 28.6. The molecule has 1 aromatic heterocycles. The van der Waals surface area contributed by atoms with Crippen molar-refractivity contribution in [2.24, 2.45) is 5.92 Å². The van der Waals surface area contributed by atoms with Gasteiger partial charge in [0.15, 0.2) is 11.7 Å². The molecular weight excluding hydrogens is 352 g/mol. The third kappa shape index (κ3) is 4.78. The van der Waals surface area contributed by atoms with Gasteiger partial charge in [0, 0.05) is 6.04 Å². The number of hydrogen-bond acceptors (Lipinski definition) is 6. The predicted molar refractivity (Wildman–Crippen MR) is 99.8 cm³/mol. The second-order valence-electron chi connectivity index (χ2n) is 6.75. The van der Waals surface area contributed by atoms with Gasteiger partial charge in [-0.2, -0.15) is 0 Å². The molecule has 0 bridgehead atoms. The van der Waals surface area contributed by atoms with E-state index < -0.39 is 12.1 Å². The lowest BCUT2D eigenvalue weighted by Gasteiger charge is -2.30. The van der Waals surface area contributed by atoms with Crippen molar-refractivity contribution in [2.45, 2.75) is 56.9 Å². The van der Waals surface area contributed by atoms with E-state index >= 15 is 0 Å². The number of ether oxygens (including phenoxy) is 1. The number of aromatic nitrogens is 1. The molecule has 0 radical (unpaired) electrons. The minimum Gasteiger partial charge on any atom is -0.452 e. The highest BCUT2D eigenvalue weighted by Crippen LogP contribution is 2.24. The lowest BCUT2D eigenvalue weighted by atomic mass is 9.86. The molecule has 0 spiro atoms. The van der Waals surface area contributed by atoms with E-state index in [9.17, 15) is 9.59 Å². The van der Waals surface area contributed by atoms with Gasteiger partial charge < -0.3 is 14.5 Å². The van der Waals surface area contributed by atoms with Crippen molar-refractivity contribution in [2.75, 3.05) is 5.75 Å². The van der Waals surface area contributed by atoms with Crippen LogP contribution >= 0.6 is 11.8 Å². The highest BCUT2D eigenvalue weighted by atomic mass is 32.2. The van der Waals surface area contributed by atoms with Crippen LogP contribution in [0.1, 0.15) is 39.5 Å². The molecule has 1 aliphatic carbocycles. The molecule has 3 atom stereocenters. The number of esters is 1. The molecule has 1 fully saturated rings. The summed E-state index contributed by atoms with van der Waals surface area (Å²) >= 11 is 1.16. The number of oxazole rings is 1. The summed E-state index contributed by atoms with van der Waals surface area (Å²) in [7, 11) is 0. The highest BCUT2D eigenvalue weighted by Gasteiger charge is 2.26. The minimum absolute atomic E-state index is 0.0459. The van der Waals surface area contributed by atoms with E-state index in [1.807, 2.05) is 24.3 Å². The zero-order valence-electron chi connectivity index (χ0n) is 15.1. The van der Waals surface area contributed by atoms with Crippen LogP contribution in [-0.2, 0) is 14.3 Å². The highest BCUT2D eigenvalue weighted by molar-refractivity contribution is 7.99. The van der Waals surface area contributed by atoms with Crippen LogP contribution in [0.3, 0.4) is 0 Å². The second-order valence-corrected chi connectivity index (χ2v) is 7.67. The van der Waals surface area contributed by atoms with Gasteiger partial charge >= 0.3 is 5.97 Å². The molecule has 0 saturated heterocycles. The van der Waals surface area contributed by atoms with Gasteiger partial charge in [-0.05, 0) is 37.8 Å². The van der Waals surface area contributed by atoms with Crippen molar-refractivity contribution in [1.29, 1.82) is 0 Å². The average Bonchev–Trinajstić information content (AvgIpc) is 3.05. The Hall–Kier alpha value is -2.02. The lowest BCUT2D eigenvalue weighted by Crippen LogP contribution is -2.46. The fourth-order valence-corrected chi connectivity index (χ4v) is 3.77. The van der Waals surface area contributed by atoms with Crippen LogP contribution in [0, 0.1) is 5.92 Å². The monoisotopic (exact) mass is 376 g/mol. The van der Waals surface area contributed by atoms with E-state index in [0.29, 0.717) is 16.7 Å². The van der Waals surface area contributed by atoms with Gasteiger partial charge in [-0.25, -0.2) is 4.98 Å². The Labute approximate surface area is 157 Å². The lowest BCUT2D eigenvalue weighted by molar-refractivity contribution is -0.152.